The molecule has 29 heavy (non-hydrogen) atoms. The second-order valence-corrected chi connectivity index (χ2v) is 9.21. The van der Waals surface area contributed by atoms with Crippen molar-refractivity contribution in [2.75, 3.05) is 7.11 Å². The van der Waals surface area contributed by atoms with Gasteiger partial charge in [0, 0.05) is 12.4 Å². The van der Waals surface area contributed by atoms with Crippen molar-refractivity contribution in [3.63, 3.8) is 0 Å². The van der Waals surface area contributed by atoms with Crippen LogP contribution in [0.5, 0.6) is 0 Å². The van der Waals surface area contributed by atoms with Crippen LogP contribution in [0.25, 0.3) is 0 Å². The Kier molecular flexibility index (Phi) is 6.68. The fraction of sp³-hybridized carbons (Fsp3) is 0.421. The van der Waals surface area contributed by atoms with Crippen molar-refractivity contribution in [3.05, 3.63) is 48.5 Å². The number of aryl methyl sites for hydroxylation is 1. The van der Waals surface area contributed by atoms with Gasteiger partial charge in [-0.2, -0.15) is 4.31 Å². The number of rotatable bonds is 6. The molecule has 10 heteroatoms. The van der Waals surface area contributed by atoms with E-state index in [9.17, 15) is 18.0 Å². The monoisotopic (exact) mass is 423 g/mol. The van der Waals surface area contributed by atoms with E-state index >= 15 is 0 Å². The van der Waals surface area contributed by atoms with Gasteiger partial charge in [0.25, 0.3) is 10.0 Å². The normalized spacial score (nSPS) is 12.9. The topological polar surface area (TPSA) is 108 Å². The van der Waals surface area contributed by atoms with E-state index in [-0.39, 0.29) is 11.4 Å². The summed E-state index contributed by atoms with van der Waals surface area (Å²) in [6.45, 7) is 6.43. The molecule has 0 radical (unpaired) electrons. The van der Waals surface area contributed by atoms with E-state index in [4.69, 9.17) is 9.47 Å². The van der Waals surface area contributed by atoms with Gasteiger partial charge in [-0.3, -0.25) is 0 Å². The Balaban J connectivity index is 2.58. The third kappa shape index (κ3) is 5.57. The highest BCUT2D eigenvalue weighted by molar-refractivity contribution is 7.89. The number of carbonyl (C=O) groups excluding carboxylic acids is 2. The molecule has 0 aliphatic rings. The largest absolute Gasteiger partial charge is 0.467 e. The zero-order valence-electron chi connectivity index (χ0n) is 17.0. The second kappa shape index (κ2) is 8.64. The lowest BCUT2D eigenvalue weighted by Gasteiger charge is -2.31. The second-order valence-electron chi connectivity index (χ2n) is 7.39. The van der Waals surface area contributed by atoms with Crippen molar-refractivity contribution in [2.24, 2.45) is 0 Å². The van der Waals surface area contributed by atoms with Crippen molar-refractivity contribution in [3.8, 4) is 0 Å². The molecule has 1 amide bonds. The van der Waals surface area contributed by atoms with Gasteiger partial charge in [-0.25, -0.2) is 23.0 Å². The summed E-state index contributed by atoms with van der Waals surface area (Å²) in [4.78, 5) is 29.2. The van der Waals surface area contributed by atoms with Crippen LogP contribution in [-0.4, -0.2) is 53.1 Å². The number of hydrogen-bond donors (Lipinski definition) is 0. The Morgan fingerprint density at radius 3 is 2.31 bits per heavy atom. The van der Waals surface area contributed by atoms with Crippen molar-refractivity contribution >= 4 is 22.1 Å². The average molecular weight is 423 g/mol. The Morgan fingerprint density at radius 2 is 1.83 bits per heavy atom. The van der Waals surface area contributed by atoms with Crippen LogP contribution < -0.4 is 0 Å². The molecule has 0 aliphatic carbocycles. The number of sulfonamides is 1. The lowest BCUT2D eigenvalue weighted by Crippen LogP contribution is -2.52. The molecule has 0 aliphatic heterocycles. The predicted molar refractivity (Wildman–Crippen MR) is 104 cm³/mol. The predicted octanol–water partition coefficient (Wildman–Crippen LogP) is 2.36. The van der Waals surface area contributed by atoms with Crippen LogP contribution in [-0.2, 0) is 30.8 Å². The molecule has 0 unspecified atom stereocenters. The minimum Gasteiger partial charge on any atom is -0.467 e. The Bertz CT molecular complexity index is 947. The average Bonchev–Trinajstić information content (AvgIpc) is 3.12. The highest BCUT2D eigenvalue weighted by Crippen LogP contribution is 2.24. The van der Waals surface area contributed by atoms with Crippen molar-refractivity contribution < 1.29 is 27.5 Å². The fourth-order valence-corrected chi connectivity index (χ4v) is 3.93. The van der Waals surface area contributed by atoms with Gasteiger partial charge in [-0.1, -0.05) is 17.7 Å². The maximum Gasteiger partial charge on any atom is 0.425 e. The summed E-state index contributed by atoms with van der Waals surface area (Å²) in [6.07, 6.45) is 3.25. The molecule has 2 rings (SSSR count). The summed E-state index contributed by atoms with van der Waals surface area (Å²) in [5, 5.41) is 0. The van der Waals surface area contributed by atoms with Crippen molar-refractivity contribution in [1.29, 1.82) is 0 Å². The minimum absolute atomic E-state index is 0.145. The quantitative estimate of drug-likeness (QED) is 0.656. The summed E-state index contributed by atoms with van der Waals surface area (Å²) in [5.74, 6) is -0.903. The van der Waals surface area contributed by atoms with E-state index in [2.05, 4.69) is 4.98 Å². The minimum atomic E-state index is -4.42. The summed E-state index contributed by atoms with van der Waals surface area (Å²) >= 11 is 0. The zero-order chi connectivity index (χ0) is 21.8. The number of amides is 1. The van der Waals surface area contributed by atoms with Crippen LogP contribution >= 0.6 is 0 Å². The molecule has 0 saturated heterocycles. The molecule has 1 atom stereocenters. The summed E-state index contributed by atoms with van der Waals surface area (Å²) in [5.41, 5.74) is -0.135. The maximum atomic E-state index is 13.4. The lowest BCUT2D eigenvalue weighted by atomic mass is 10.2. The van der Waals surface area contributed by atoms with Gasteiger partial charge in [0.2, 0.25) is 0 Å². The molecule has 0 saturated carbocycles. The third-order valence-electron chi connectivity index (χ3n) is 3.85. The van der Waals surface area contributed by atoms with E-state index in [1.807, 2.05) is 0 Å². The van der Waals surface area contributed by atoms with Crippen molar-refractivity contribution in [2.45, 2.75) is 50.8 Å². The van der Waals surface area contributed by atoms with Crippen LogP contribution in [0.15, 0.2) is 47.9 Å². The first-order valence-corrected chi connectivity index (χ1v) is 10.3. The standard InChI is InChI=1S/C19H25N3O6S/c1-14-6-8-15(9-7-14)29(25,26)22(18(24)28-19(2,3)4)16(17(23)27-5)12-21-11-10-20-13-21/h6-11,13,16H,12H2,1-5H3/t16-/m0/s1. The Labute approximate surface area is 170 Å². The number of carbonyl (C=O) groups is 2. The molecule has 0 N–H and O–H groups in total. The molecule has 158 valence electrons. The van der Waals surface area contributed by atoms with Gasteiger partial charge in [0.1, 0.15) is 5.60 Å². The van der Waals surface area contributed by atoms with Gasteiger partial charge >= 0.3 is 12.1 Å². The number of nitrogens with zero attached hydrogens (tertiary/aromatic N) is 3. The first-order valence-electron chi connectivity index (χ1n) is 8.83. The number of aromatic nitrogens is 2. The molecule has 1 heterocycles. The van der Waals surface area contributed by atoms with Crippen LogP contribution in [0.2, 0.25) is 0 Å². The van der Waals surface area contributed by atoms with Crippen LogP contribution in [0.3, 0.4) is 0 Å². The number of benzene rings is 1. The molecule has 0 fully saturated rings. The van der Waals surface area contributed by atoms with Gasteiger partial charge < -0.3 is 14.0 Å². The Hall–Kier alpha value is -2.88. The Morgan fingerprint density at radius 1 is 1.21 bits per heavy atom. The lowest BCUT2D eigenvalue weighted by molar-refractivity contribution is -0.145. The van der Waals surface area contributed by atoms with E-state index in [0.29, 0.717) is 4.31 Å². The van der Waals surface area contributed by atoms with Gasteiger partial charge in [-0.15, -0.1) is 0 Å². The van der Waals surface area contributed by atoms with Gasteiger partial charge in [0.05, 0.1) is 24.9 Å². The summed E-state index contributed by atoms with van der Waals surface area (Å²) in [7, 11) is -3.30. The summed E-state index contributed by atoms with van der Waals surface area (Å²) in [6, 6.07) is 4.45. The van der Waals surface area contributed by atoms with Gasteiger partial charge in [-0.05, 0) is 39.8 Å². The van der Waals surface area contributed by atoms with Gasteiger partial charge in [0.15, 0.2) is 6.04 Å². The number of methoxy groups -OCH3 is 1. The van der Waals surface area contributed by atoms with Crippen molar-refractivity contribution in [1.82, 2.24) is 13.9 Å². The molecular formula is C19H25N3O6S. The van der Waals surface area contributed by atoms with E-state index in [1.54, 1.807) is 46.0 Å². The molecule has 0 spiro atoms. The molecular weight excluding hydrogens is 398 g/mol. The first-order chi connectivity index (χ1) is 13.5. The van der Waals surface area contributed by atoms with E-state index in [0.717, 1.165) is 12.7 Å². The molecule has 0 bridgehead atoms. The molecule has 1 aromatic heterocycles. The first kappa shape index (κ1) is 22.4. The number of ether oxygens (including phenoxy) is 2. The van der Waals surface area contributed by atoms with Crippen LogP contribution in [0.4, 0.5) is 4.79 Å². The number of hydrogen-bond acceptors (Lipinski definition) is 7. The number of imidazole rings is 1. The summed E-state index contributed by atoms with van der Waals surface area (Å²) < 4.78 is 38.7. The van der Waals surface area contributed by atoms with E-state index < -0.39 is 33.7 Å². The zero-order valence-corrected chi connectivity index (χ0v) is 17.8. The number of esters is 1. The molecule has 9 nitrogen and oxygen atoms in total. The highest BCUT2D eigenvalue weighted by Gasteiger charge is 2.43. The highest BCUT2D eigenvalue weighted by atomic mass is 32.2. The smallest absolute Gasteiger partial charge is 0.425 e. The van der Waals surface area contributed by atoms with E-state index in [1.165, 1.54) is 29.2 Å². The molecule has 1 aromatic carbocycles. The fourth-order valence-electron chi connectivity index (χ4n) is 2.50. The third-order valence-corrected chi connectivity index (χ3v) is 5.64. The SMILES string of the molecule is COC(=O)[C@H](Cn1ccnc1)N(C(=O)OC(C)(C)C)S(=O)(=O)c1ccc(C)cc1. The van der Waals surface area contributed by atoms with Crippen LogP contribution in [0.1, 0.15) is 26.3 Å². The van der Waals surface area contributed by atoms with Crippen LogP contribution in [0, 0.1) is 6.92 Å². The maximum absolute atomic E-state index is 13.4. The molecule has 2 aromatic rings.